The zero-order valence-electron chi connectivity index (χ0n) is 17.2. The molecule has 1 aliphatic heterocycles. The van der Waals surface area contributed by atoms with E-state index >= 15 is 0 Å². The first-order chi connectivity index (χ1) is 12.8. The van der Waals surface area contributed by atoms with Crippen LogP contribution in [0, 0.1) is 0 Å². The lowest BCUT2D eigenvalue weighted by Crippen LogP contribution is -2.47. The Kier molecular flexibility index (Phi) is 7.01. The number of hydrogen-bond acceptors (Lipinski definition) is 5. The molecule has 7 heteroatoms. The Morgan fingerprint density at radius 3 is 2.26 bits per heavy atom. The number of ether oxygens (including phenoxy) is 1. The molecule has 1 aromatic heterocycles. The zero-order valence-corrected chi connectivity index (χ0v) is 19.8. The summed E-state index contributed by atoms with van der Waals surface area (Å²) < 4.78 is 12.5. The predicted octanol–water partition coefficient (Wildman–Crippen LogP) is 4.49. The Morgan fingerprint density at radius 1 is 1.15 bits per heavy atom. The number of hydrogen-bond donors (Lipinski definition) is 0. The maximum absolute atomic E-state index is 5.89. The van der Waals surface area contributed by atoms with Crippen molar-refractivity contribution in [3.63, 3.8) is 0 Å². The van der Waals surface area contributed by atoms with Gasteiger partial charge in [0.25, 0.3) is 0 Å². The molecule has 5 nitrogen and oxygen atoms in total. The van der Waals surface area contributed by atoms with E-state index in [1.165, 1.54) is 25.9 Å². The molecule has 0 atom stereocenters. The number of aromatic nitrogens is 1. The van der Waals surface area contributed by atoms with Gasteiger partial charge in [-0.15, -0.1) is 0 Å². The van der Waals surface area contributed by atoms with Crippen LogP contribution in [0.25, 0.3) is 0 Å². The fraction of sp³-hybridized carbons (Fsp3) is 0.750. The minimum atomic E-state index is -1.39. The molecule has 1 aromatic rings. The standard InChI is InChI=1S/C12H16BrN3.C8H18O2Si/c13-10-1-4-12(14-9-10)16-7-5-15(6-8-16)11-2-3-11;1-5-9-8(6-7-8)10-11(2,3)4/h1,4,9,11H,2-3,5-8H2;5-7H2,1-4H3. The van der Waals surface area contributed by atoms with E-state index in [4.69, 9.17) is 9.16 Å². The molecule has 0 spiro atoms. The number of halogens is 1. The molecular formula is C20H34BrN3O2Si. The van der Waals surface area contributed by atoms with Crippen LogP contribution in [0.2, 0.25) is 19.6 Å². The summed E-state index contributed by atoms with van der Waals surface area (Å²) in [6.45, 7) is 14.0. The van der Waals surface area contributed by atoms with E-state index in [1.807, 2.05) is 13.1 Å². The molecular weight excluding hydrogens is 422 g/mol. The van der Waals surface area contributed by atoms with Gasteiger partial charge in [-0.1, -0.05) is 0 Å². The Bertz CT molecular complexity index is 592. The molecule has 2 saturated carbocycles. The van der Waals surface area contributed by atoms with Crippen molar-refractivity contribution in [1.29, 1.82) is 0 Å². The average molecular weight is 457 g/mol. The Hall–Kier alpha value is -0.473. The first kappa shape index (κ1) is 21.2. The van der Waals surface area contributed by atoms with Gasteiger partial charge in [0.05, 0.1) is 0 Å². The average Bonchev–Trinajstić information content (AvgIpc) is 3.52. The molecule has 1 saturated heterocycles. The van der Waals surface area contributed by atoms with E-state index in [1.54, 1.807) is 0 Å². The van der Waals surface area contributed by atoms with Crippen molar-refractivity contribution in [2.24, 2.45) is 0 Å². The first-order valence-electron chi connectivity index (χ1n) is 10.2. The normalized spacial score (nSPS) is 22.2. The van der Waals surface area contributed by atoms with E-state index in [9.17, 15) is 0 Å². The lowest BCUT2D eigenvalue weighted by atomic mass is 10.3. The lowest BCUT2D eigenvalue weighted by molar-refractivity contribution is -0.106. The van der Waals surface area contributed by atoms with Crippen molar-refractivity contribution >= 4 is 30.1 Å². The number of pyridine rings is 1. The van der Waals surface area contributed by atoms with Gasteiger partial charge in [-0.05, 0) is 67.5 Å². The Balaban J connectivity index is 0.000000168. The molecule has 0 aromatic carbocycles. The minimum Gasteiger partial charge on any atom is -0.391 e. The second-order valence-electron chi connectivity index (χ2n) is 8.65. The van der Waals surface area contributed by atoms with Gasteiger partial charge >= 0.3 is 0 Å². The monoisotopic (exact) mass is 455 g/mol. The van der Waals surface area contributed by atoms with Gasteiger partial charge in [0.2, 0.25) is 0 Å². The third-order valence-corrected chi connectivity index (χ3v) is 6.42. The molecule has 4 rings (SSSR count). The van der Waals surface area contributed by atoms with Crippen LogP contribution in [0.1, 0.15) is 32.6 Å². The van der Waals surface area contributed by atoms with E-state index < -0.39 is 8.32 Å². The summed E-state index contributed by atoms with van der Waals surface area (Å²) in [5.41, 5.74) is 0. The fourth-order valence-electron chi connectivity index (χ4n) is 3.51. The van der Waals surface area contributed by atoms with Crippen molar-refractivity contribution in [1.82, 2.24) is 9.88 Å². The molecule has 27 heavy (non-hydrogen) atoms. The van der Waals surface area contributed by atoms with E-state index in [2.05, 4.69) is 62.5 Å². The summed E-state index contributed by atoms with van der Waals surface area (Å²) in [6.07, 6.45) is 6.88. The van der Waals surface area contributed by atoms with Gasteiger partial charge in [-0.25, -0.2) is 4.98 Å². The van der Waals surface area contributed by atoms with Crippen molar-refractivity contribution in [2.75, 3.05) is 37.7 Å². The Labute approximate surface area is 173 Å². The van der Waals surface area contributed by atoms with Crippen LogP contribution in [0.4, 0.5) is 5.82 Å². The highest BCUT2D eigenvalue weighted by Crippen LogP contribution is 2.42. The van der Waals surface area contributed by atoms with Crippen LogP contribution in [0.3, 0.4) is 0 Å². The van der Waals surface area contributed by atoms with Crippen LogP contribution in [-0.4, -0.2) is 62.8 Å². The van der Waals surface area contributed by atoms with Gasteiger partial charge in [-0.3, -0.25) is 4.90 Å². The van der Waals surface area contributed by atoms with E-state index in [0.717, 1.165) is 48.9 Å². The van der Waals surface area contributed by atoms with Gasteiger partial charge in [0.15, 0.2) is 14.1 Å². The summed E-state index contributed by atoms with van der Waals surface area (Å²) in [4.78, 5) is 9.45. The molecule has 0 radical (unpaired) electrons. The third kappa shape index (κ3) is 6.82. The Morgan fingerprint density at radius 2 is 1.81 bits per heavy atom. The molecule has 2 heterocycles. The van der Waals surface area contributed by atoms with Gasteiger partial charge < -0.3 is 14.1 Å². The smallest absolute Gasteiger partial charge is 0.187 e. The third-order valence-electron chi connectivity index (χ3n) is 4.97. The van der Waals surface area contributed by atoms with Gasteiger partial charge in [0.1, 0.15) is 5.82 Å². The predicted molar refractivity (Wildman–Crippen MR) is 117 cm³/mol. The number of rotatable bonds is 6. The van der Waals surface area contributed by atoms with Gasteiger partial charge in [-0.2, -0.15) is 0 Å². The largest absolute Gasteiger partial charge is 0.391 e. The summed E-state index contributed by atoms with van der Waals surface area (Å²) in [7, 11) is -1.39. The molecule has 0 unspecified atom stereocenters. The van der Waals surface area contributed by atoms with Crippen LogP contribution >= 0.6 is 15.9 Å². The SMILES string of the molecule is Brc1ccc(N2CCN(C3CC3)CC2)nc1.CCOC1(O[Si](C)(C)C)CC1. The molecule has 3 aliphatic rings. The number of piperazine rings is 1. The summed E-state index contributed by atoms with van der Waals surface area (Å²) in [5, 5.41) is 0. The maximum atomic E-state index is 5.89. The maximum Gasteiger partial charge on any atom is 0.187 e. The highest BCUT2D eigenvalue weighted by atomic mass is 79.9. The second-order valence-corrected chi connectivity index (χ2v) is 14.0. The highest BCUT2D eigenvalue weighted by molar-refractivity contribution is 9.10. The van der Waals surface area contributed by atoms with Crippen LogP contribution < -0.4 is 4.90 Å². The number of anilines is 1. The summed E-state index contributed by atoms with van der Waals surface area (Å²) >= 11 is 3.42. The van der Waals surface area contributed by atoms with Crippen molar-refractivity contribution in [3.8, 4) is 0 Å². The van der Waals surface area contributed by atoms with Crippen LogP contribution in [0.5, 0.6) is 0 Å². The van der Waals surface area contributed by atoms with E-state index in [-0.39, 0.29) is 5.79 Å². The fourth-order valence-corrected chi connectivity index (χ4v) is 5.12. The lowest BCUT2D eigenvalue weighted by Gasteiger charge is -2.35. The zero-order chi connectivity index (χ0) is 19.5. The second kappa shape index (κ2) is 8.90. The van der Waals surface area contributed by atoms with Gasteiger partial charge in [0, 0.05) is 62.3 Å². The van der Waals surface area contributed by atoms with E-state index in [0.29, 0.717) is 0 Å². The quantitative estimate of drug-likeness (QED) is 0.466. The van der Waals surface area contributed by atoms with Crippen molar-refractivity contribution in [3.05, 3.63) is 22.8 Å². The molecule has 0 amide bonds. The van der Waals surface area contributed by atoms with Crippen molar-refractivity contribution in [2.45, 2.75) is 64.1 Å². The first-order valence-corrected chi connectivity index (χ1v) is 14.4. The molecule has 0 bridgehead atoms. The van der Waals surface area contributed by atoms with Crippen molar-refractivity contribution < 1.29 is 9.16 Å². The minimum absolute atomic E-state index is 0.154. The number of nitrogens with zero attached hydrogens (tertiary/aromatic N) is 3. The molecule has 152 valence electrons. The van der Waals surface area contributed by atoms with Crippen LogP contribution in [-0.2, 0) is 9.16 Å². The topological polar surface area (TPSA) is 37.8 Å². The molecule has 2 aliphatic carbocycles. The summed E-state index contributed by atoms with van der Waals surface area (Å²) in [6, 6.07) is 5.06. The highest BCUT2D eigenvalue weighted by Gasteiger charge is 2.47. The molecule has 0 N–H and O–H groups in total. The van der Waals surface area contributed by atoms with Crippen LogP contribution in [0.15, 0.2) is 22.8 Å². The summed E-state index contributed by atoms with van der Waals surface area (Å²) in [5.74, 6) is 0.956. The molecule has 3 fully saturated rings.